The van der Waals surface area contributed by atoms with Crippen LogP contribution >= 0.6 is 0 Å². The van der Waals surface area contributed by atoms with Crippen molar-refractivity contribution >= 4 is 17.4 Å². The van der Waals surface area contributed by atoms with Crippen molar-refractivity contribution in [3.63, 3.8) is 0 Å². The molecule has 0 unspecified atom stereocenters. The molecule has 2 heterocycles. The van der Waals surface area contributed by atoms with E-state index >= 15 is 0 Å². The third-order valence-electron chi connectivity index (χ3n) is 5.56. The molecule has 4 rings (SSSR count). The number of anilines is 2. The Labute approximate surface area is 183 Å². The summed E-state index contributed by atoms with van der Waals surface area (Å²) in [6.07, 6.45) is 5.41. The van der Waals surface area contributed by atoms with Crippen molar-refractivity contribution in [3.8, 4) is 11.3 Å². The largest absolute Gasteiger partial charge is 0.351 e. The molecule has 0 saturated carbocycles. The highest BCUT2D eigenvalue weighted by atomic mass is 16.1. The lowest BCUT2D eigenvalue weighted by molar-refractivity contribution is 0.0946. The van der Waals surface area contributed by atoms with E-state index in [1.807, 2.05) is 42.5 Å². The summed E-state index contributed by atoms with van der Waals surface area (Å²) in [5.41, 5.74) is 4.65. The maximum Gasteiger partial charge on any atom is 0.251 e. The summed E-state index contributed by atoms with van der Waals surface area (Å²) in [7, 11) is 0. The highest BCUT2D eigenvalue weighted by Gasteiger charge is 2.11. The van der Waals surface area contributed by atoms with Crippen molar-refractivity contribution in [2.45, 2.75) is 26.2 Å². The Morgan fingerprint density at radius 2 is 1.81 bits per heavy atom. The van der Waals surface area contributed by atoms with Crippen LogP contribution in [-0.2, 0) is 0 Å². The zero-order chi connectivity index (χ0) is 21.5. The van der Waals surface area contributed by atoms with E-state index in [4.69, 9.17) is 0 Å². The summed E-state index contributed by atoms with van der Waals surface area (Å²) in [6, 6.07) is 17.6. The van der Waals surface area contributed by atoms with Crippen LogP contribution in [0.15, 0.2) is 60.9 Å². The number of nitrogens with one attached hydrogen (secondary N) is 2. The van der Waals surface area contributed by atoms with Crippen LogP contribution in [0, 0.1) is 6.92 Å². The molecule has 31 heavy (non-hydrogen) atoms. The predicted molar refractivity (Wildman–Crippen MR) is 125 cm³/mol. The number of hydrogen-bond acceptors (Lipinski definition) is 5. The predicted octanol–water partition coefficient (Wildman–Crippen LogP) is 4.41. The second-order valence-corrected chi connectivity index (χ2v) is 8.02. The average molecular weight is 416 g/mol. The van der Waals surface area contributed by atoms with Crippen molar-refractivity contribution in [1.82, 2.24) is 20.2 Å². The Hall–Kier alpha value is -3.25. The molecule has 6 heteroatoms. The van der Waals surface area contributed by atoms with Crippen molar-refractivity contribution in [3.05, 3.63) is 72.1 Å². The summed E-state index contributed by atoms with van der Waals surface area (Å²) < 4.78 is 0. The smallest absolute Gasteiger partial charge is 0.251 e. The molecule has 0 atom stereocenters. The fourth-order valence-electron chi connectivity index (χ4n) is 3.85. The Morgan fingerprint density at radius 3 is 2.58 bits per heavy atom. The molecule has 1 aliphatic rings. The van der Waals surface area contributed by atoms with Gasteiger partial charge in [-0.2, -0.15) is 0 Å². The molecule has 1 fully saturated rings. The first-order valence-electron chi connectivity index (χ1n) is 10.9. The molecule has 160 valence electrons. The van der Waals surface area contributed by atoms with Gasteiger partial charge >= 0.3 is 0 Å². The number of hydrogen-bond donors (Lipinski definition) is 2. The molecule has 1 aromatic heterocycles. The Kier molecular flexibility index (Phi) is 6.89. The molecule has 2 aromatic carbocycles. The molecule has 1 amide bonds. The third kappa shape index (κ3) is 5.89. The third-order valence-corrected chi connectivity index (χ3v) is 5.56. The minimum absolute atomic E-state index is 0.0349. The summed E-state index contributed by atoms with van der Waals surface area (Å²) in [5.74, 6) is 0.678. The molecule has 2 N–H and O–H groups in total. The van der Waals surface area contributed by atoms with Crippen molar-refractivity contribution in [2.75, 3.05) is 31.5 Å². The molecule has 0 spiro atoms. The number of carbonyl (C=O) groups is 1. The van der Waals surface area contributed by atoms with Gasteiger partial charge in [-0.05, 0) is 63.2 Å². The quantitative estimate of drug-likeness (QED) is 0.598. The van der Waals surface area contributed by atoms with Gasteiger partial charge in [0.15, 0.2) is 0 Å². The lowest BCUT2D eigenvalue weighted by Crippen LogP contribution is -2.37. The van der Waals surface area contributed by atoms with Crippen LogP contribution < -0.4 is 10.6 Å². The van der Waals surface area contributed by atoms with E-state index in [9.17, 15) is 4.79 Å². The van der Waals surface area contributed by atoms with Gasteiger partial charge in [0.2, 0.25) is 0 Å². The Balaban J connectivity index is 1.33. The average Bonchev–Trinajstić information content (AvgIpc) is 2.80. The molecule has 3 aromatic rings. The first-order valence-corrected chi connectivity index (χ1v) is 10.9. The number of benzene rings is 2. The molecule has 6 nitrogen and oxygen atoms in total. The van der Waals surface area contributed by atoms with E-state index in [-0.39, 0.29) is 5.91 Å². The monoisotopic (exact) mass is 415 g/mol. The van der Waals surface area contributed by atoms with Crippen LogP contribution in [0.2, 0.25) is 0 Å². The van der Waals surface area contributed by atoms with Gasteiger partial charge in [-0.1, -0.05) is 30.2 Å². The number of piperidine rings is 1. The number of aryl methyl sites for hydroxylation is 1. The van der Waals surface area contributed by atoms with Gasteiger partial charge < -0.3 is 15.5 Å². The zero-order valence-corrected chi connectivity index (χ0v) is 18.0. The fourth-order valence-corrected chi connectivity index (χ4v) is 3.85. The summed E-state index contributed by atoms with van der Waals surface area (Å²) in [6.45, 7) is 5.95. The Bertz CT molecular complexity index is 1010. The van der Waals surface area contributed by atoms with Gasteiger partial charge in [-0.25, -0.2) is 9.97 Å². The number of rotatable bonds is 7. The van der Waals surface area contributed by atoms with Gasteiger partial charge in [-0.15, -0.1) is 0 Å². The standard InChI is InChI=1S/C25H29N5O/c1-19-6-5-7-21(16-19)23-17-24(28-18-27-23)29-22-10-8-20(9-11-22)25(31)26-12-15-30-13-3-2-4-14-30/h5-11,16-18H,2-4,12-15H2,1H3,(H,26,31)(H,27,28,29). The summed E-state index contributed by atoms with van der Waals surface area (Å²) >= 11 is 0. The fraction of sp³-hybridized carbons (Fsp3) is 0.320. The van der Waals surface area contributed by atoms with Gasteiger partial charge in [0.1, 0.15) is 12.1 Å². The SMILES string of the molecule is Cc1cccc(-c2cc(Nc3ccc(C(=O)NCCN4CCCCC4)cc3)ncn2)c1. The van der Waals surface area contributed by atoms with Crippen LogP contribution in [0.3, 0.4) is 0 Å². The van der Waals surface area contributed by atoms with Gasteiger partial charge in [0.25, 0.3) is 5.91 Å². The van der Waals surface area contributed by atoms with Crippen LogP contribution in [-0.4, -0.2) is 47.0 Å². The number of aromatic nitrogens is 2. The normalized spacial score (nSPS) is 14.2. The van der Waals surface area contributed by atoms with Crippen molar-refractivity contribution in [1.29, 1.82) is 0 Å². The molecule has 1 saturated heterocycles. The van der Waals surface area contributed by atoms with E-state index in [0.29, 0.717) is 17.9 Å². The molecular weight excluding hydrogens is 386 g/mol. The van der Waals surface area contributed by atoms with Gasteiger partial charge in [-0.3, -0.25) is 4.79 Å². The second-order valence-electron chi connectivity index (χ2n) is 8.02. The topological polar surface area (TPSA) is 70.2 Å². The van der Waals surface area contributed by atoms with Crippen molar-refractivity contribution in [2.24, 2.45) is 0 Å². The Morgan fingerprint density at radius 1 is 1.00 bits per heavy atom. The van der Waals surface area contributed by atoms with Crippen LogP contribution in [0.5, 0.6) is 0 Å². The number of carbonyl (C=O) groups excluding carboxylic acids is 1. The number of amides is 1. The second kappa shape index (κ2) is 10.2. The van der Waals surface area contributed by atoms with Gasteiger partial charge in [0.05, 0.1) is 5.69 Å². The highest BCUT2D eigenvalue weighted by Crippen LogP contribution is 2.22. The summed E-state index contributed by atoms with van der Waals surface area (Å²) in [4.78, 5) is 23.5. The molecule has 0 aliphatic carbocycles. The zero-order valence-electron chi connectivity index (χ0n) is 18.0. The van der Waals surface area contributed by atoms with E-state index in [2.05, 4.69) is 44.6 Å². The van der Waals surface area contributed by atoms with Crippen molar-refractivity contribution < 1.29 is 4.79 Å². The minimum Gasteiger partial charge on any atom is -0.351 e. The summed E-state index contributed by atoms with van der Waals surface area (Å²) in [5, 5.41) is 6.32. The number of likely N-dealkylation sites (tertiary alicyclic amines) is 1. The number of nitrogens with zero attached hydrogens (tertiary/aromatic N) is 3. The lowest BCUT2D eigenvalue weighted by Gasteiger charge is -2.26. The first-order chi connectivity index (χ1) is 15.2. The van der Waals surface area contributed by atoms with E-state index < -0.39 is 0 Å². The first kappa shape index (κ1) is 21.0. The molecule has 1 aliphatic heterocycles. The molecule has 0 radical (unpaired) electrons. The molecule has 0 bridgehead atoms. The molecular formula is C25H29N5O. The van der Waals surface area contributed by atoms with Gasteiger partial charge in [0, 0.05) is 36.0 Å². The minimum atomic E-state index is -0.0349. The maximum atomic E-state index is 12.4. The highest BCUT2D eigenvalue weighted by molar-refractivity contribution is 5.94. The maximum absolute atomic E-state index is 12.4. The van der Waals surface area contributed by atoms with Crippen LogP contribution in [0.1, 0.15) is 35.2 Å². The van der Waals surface area contributed by atoms with E-state index in [0.717, 1.165) is 36.6 Å². The lowest BCUT2D eigenvalue weighted by atomic mass is 10.1. The van der Waals surface area contributed by atoms with Crippen LogP contribution in [0.4, 0.5) is 11.5 Å². The van der Waals surface area contributed by atoms with Crippen LogP contribution in [0.25, 0.3) is 11.3 Å². The van der Waals surface area contributed by atoms with E-state index in [1.54, 1.807) is 6.33 Å². The van der Waals surface area contributed by atoms with E-state index in [1.165, 1.54) is 24.8 Å².